The number of amides is 2. The number of halogens is 1. The summed E-state index contributed by atoms with van der Waals surface area (Å²) in [7, 11) is 0. The van der Waals surface area contributed by atoms with Gasteiger partial charge in [0.2, 0.25) is 5.91 Å². The van der Waals surface area contributed by atoms with E-state index in [0.717, 1.165) is 17.8 Å². The second kappa shape index (κ2) is 10.5. The Labute approximate surface area is 199 Å². The summed E-state index contributed by atoms with van der Waals surface area (Å²) in [5, 5.41) is 3.60. The summed E-state index contributed by atoms with van der Waals surface area (Å²) in [6.07, 6.45) is 2.41. The van der Waals surface area contributed by atoms with Gasteiger partial charge in [0.25, 0.3) is 5.91 Å². The van der Waals surface area contributed by atoms with Crippen LogP contribution in [0.3, 0.4) is 0 Å². The van der Waals surface area contributed by atoms with Crippen molar-refractivity contribution in [3.63, 3.8) is 0 Å². The number of carbonyl (C=O) groups excluding carboxylic acids is 2. The minimum atomic E-state index is -0.197. The van der Waals surface area contributed by atoms with Crippen molar-refractivity contribution in [1.82, 2.24) is 9.88 Å². The fourth-order valence-corrected chi connectivity index (χ4v) is 4.17. The Morgan fingerprint density at radius 2 is 1.67 bits per heavy atom. The molecule has 2 aromatic carbocycles. The molecule has 1 aliphatic rings. The molecule has 0 bridgehead atoms. The van der Waals surface area contributed by atoms with Crippen molar-refractivity contribution in [3.8, 4) is 0 Å². The average Bonchev–Trinajstić information content (AvgIpc) is 2.86. The van der Waals surface area contributed by atoms with Crippen LogP contribution in [0.15, 0.2) is 72.9 Å². The van der Waals surface area contributed by atoms with E-state index in [9.17, 15) is 9.59 Å². The third-order valence-electron chi connectivity index (χ3n) is 5.92. The van der Waals surface area contributed by atoms with Crippen LogP contribution in [0.2, 0.25) is 5.02 Å². The van der Waals surface area contributed by atoms with E-state index in [1.54, 1.807) is 30.5 Å². The highest BCUT2D eigenvalue weighted by atomic mass is 35.5. The van der Waals surface area contributed by atoms with Crippen molar-refractivity contribution in [2.75, 3.05) is 36.4 Å². The monoisotopic (exact) mass is 462 g/mol. The molecule has 7 heteroatoms. The molecular weight excluding hydrogens is 436 g/mol. The largest absolute Gasteiger partial charge is 0.353 e. The van der Waals surface area contributed by atoms with Gasteiger partial charge in [-0.1, -0.05) is 48.9 Å². The van der Waals surface area contributed by atoms with Crippen molar-refractivity contribution in [2.24, 2.45) is 0 Å². The fourth-order valence-electron chi connectivity index (χ4n) is 4.05. The first-order chi connectivity index (χ1) is 16.0. The van der Waals surface area contributed by atoms with Crippen LogP contribution in [0.4, 0.5) is 11.5 Å². The molecule has 1 aromatic heterocycles. The van der Waals surface area contributed by atoms with E-state index in [-0.39, 0.29) is 17.7 Å². The van der Waals surface area contributed by atoms with Crippen LogP contribution in [-0.4, -0.2) is 47.9 Å². The molecule has 4 rings (SSSR count). The smallest absolute Gasteiger partial charge is 0.253 e. The molecule has 0 aliphatic carbocycles. The number of hydrogen-bond acceptors (Lipinski definition) is 4. The molecule has 170 valence electrons. The lowest BCUT2D eigenvalue weighted by Gasteiger charge is -2.35. The van der Waals surface area contributed by atoms with Crippen molar-refractivity contribution in [3.05, 3.63) is 89.1 Å². The van der Waals surface area contributed by atoms with Crippen molar-refractivity contribution in [1.29, 1.82) is 0 Å². The molecule has 1 N–H and O–H groups in total. The zero-order valence-electron chi connectivity index (χ0n) is 18.6. The fraction of sp³-hybridized carbons (Fsp3) is 0.269. The number of rotatable bonds is 6. The molecule has 1 fully saturated rings. The van der Waals surface area contributed by atoms with Crippen LogP contribution >= 0.6 is 11.6 Å². The molecule has 0 saturated carbocycles. The van der Waals surface area contributed by atoms with E-state index in [2.05, 4.69) is 15.2 Å². The predicted molar refractivity (Wildman–Crippen MR) is 132 cm³/mol. The standard InChI is InChI=1S/C26H27ClN4O2/c1-2-23(19-6-4-3-5-7-19)25(32)29-22-12-13-24(28-18-22)30-14-16-31(17-15-30)26(33)20-8-10-21(27)11-9-20/h3-13,18,23H,2,14-17H2,1H3,(H,29,32). The zero-order valence-corrected chi connectivity index (χ0v) is 19.3. The van der Waals surface area contributed by atoms with Gasteiger partial charge in [-0.15, -0.1) is 0 Å². The van der Waals surface area contributed by atoms with Gasteiger partial charge in [0.1, 0.15) is 5.82 Å². The van der Waals surface area contributed by atoms with Gasteiger partial charge in [-0.2, -0.15) is 0 Å². The highest BCUT2D eigenvalue weighted by Gasteiger charge is 2.23. The van der Waals surface area contributed by atoms with Gasteiger partial charge in [0, 0.05) is 36.8 Å². The van der Waals surface area contributed by atoms with Gasteiger partial charge < -0.3 is 15.1 Å². The highest BCUT2D eigenvalue weighted by molar-refractivity contribution is 6.30. The summed E-state index contributed by atoms with van der Waals surface area (Å²) in [5.74, 6) is 0.618. The highest BCUT2D eigenvalue weighted by Crippen LogP contribution is 2.23. The predicted octanol–water partition coefficient (Wildman–Crippen LogP) is 4.83. The summed E-state index contributed by atoms with van der Waals surface area (Å²) < 4.78 is 0. The van der Waals surface area contributed by atoms with E-state index >= 15 is 0 Å². The molecule has 1 atom stereocenters. The van der Waals surface area contributed by atoms with Gasteiger partial charge in [0.05, 0.1) is 17.8 Å². The maximum Gasteiger partial charge on any atom is 0.253 e. The summed E-state index contributed by atoms with van der Waals surface area (Å²) in [5.41, 5.74) is 2.33. The maximum absolute atomic E-state index is 12.8. The number of hydrogen-bond donors (Lipinski definition) is 1. The molecular formula is C26H27ClN4O2. The number of anilines is 2. The van der Waals surface area contributed by atoms with Crippen LogP contribution in [-0.2, 0) is 4.79 Å². The molecule has 2 amide bonds. The quantitative estimate of drug-likeness (QED) is 0.569. The lowest BCUT2D eigenvalue weighted by atomic mass is 9.95. The maximum atomic E-state index is 12.8. The molecule has 0 radical (unpaired) electrons. The van der Waals surface area contributed by atoms with Crippen LogP contribution in [0.25, 0.3) is 0 Å². The van der Waals surface area contributed by atoms with Crippen LogP contribution < -0.4 is 10.2 Å². The lowest BCUT2D eigenvalue weighted by molar-refractivity contribution is -0.117. The average molecular weight is 463 g/mol. The number of carbonyl (C=O) groups is 2. The Balaban J connectivity index is 1.33. The topological polar surface area (TPSA) is 65.5 Å². The lowest BCUT2D eigenvalue weighted by Crippen LogP contribution is -2.49. The zero-order chi connectivity index (χ0) is 23.2. The number of aromatic nitrogens is 1. The Hall–Kier alpha value is -3.38. The minimum Gasteiger partial charge on any atom is -0.353 e. The summed E-state index contributed by atoms with van der Waals surface area (Å²) in [6, 6.07) is 20.6. The summed E-state index contributed by atoms with van der Waals surface area (Å²) >= 11 is 5.92. The van der Waals surface area contributed by atoms with E-state index in [1.807, 2.05) is 54.3 Å². The Morgan fingerprint density at radius 3 is 2.27 bits per heavy atom. The van der Waals surface area contributed by atoms with Crippen LogP contribution in [0.5, 0.6) is 0 Å². The molecule has 6 nitrogen and oxygen atoms in total. The number of pyridine rings is 1. The van der Waals surface area contributed by atoms with Gasteiger partial charge in [-0.25, -0.2) is 4.98 Å². The molecule has 1 saturated heterocycles. The minimum absolute atomic E-state index is 0.0150. The van der Waals surface area contributed by atoms with Gasteiger partial charge in [-0.05, 0) is 48.4 Å². The Kier molecular flexibility index (Phi) is 7.25. The molecule has 3 aromatic rings. The Morgan fingerprint density at radius 1 is 0.970 bits per heavy atom. The van der Waals surface area contributed by atoms with Crippen molar-refractivity contribution in [2.45, 2.75) is 19.3 Å². The van der Waals surface area contributed by atoms with E-state index < -0.39 is 0 Å². The van der Waals surface area contributed by atoms with Crippen molar-refractivity contribution < 1.29 is 9.59 Å². The third kappa shape index (κ3) is 5.52. The van der Waals surface area contributed by atoms with E-state index in [1.165, 1.54) is 0 Å². The number of nitrogens with zero attached hydrogens (tertiary/aromatic N) is 3. The molecule has 0 spiro atoms. The summed E-state index contributed by atoms with van der Waals surface area (Å²) in [4.78, 5) is 34.0. The molecule has 1 aliphatic heterocycles. The third-order valence-corrected chi connectivity index (χ3v) is 6.18. The second-order valence-corrected chi connectivity index (χ2v) is 8.49. The van der Waals surface area contributed by atoms with Gasteiger partial charge in [-0.3, -0.25) is 9.59 Å². The molecule has 2 heterocycles. The normalized spacial score (nSPS) is 14.6. The van der Waals surface area contributed by atoms with Crippen LogP contribution in [0, 0.1) is 0 Å². The first-order valence-corrected chi connectivity index (χ1v) is 11.5. The van der Waals surface area contributed by atoms with E-state index in [0.29, 0.717) is 42.5 Å². The number of nitrogens with one attached hydrogen (secondary N) is 1. The number of benzene rings is 2. The van der Waals surface area contributed by atoms with Gasteiger partial charge in [0.15, 0.2) is 0 Å². The van der Waals surface area contributed by atoms with Gasteiger partial charge >= 0.3 is 0 Å². The molecule has 1 unspecified atom stereocenters. The number of piperazine rings is 1. The first kappa shape index (κ1) is 22.8. The SMILES string of the molecule is CCC(C(=O)Nc1ccc(N2CCN(C(=O)c3ccc(Cl)cc3)CC2)nc1)c1ccccc1. The Bertz CT molecular complexity index is 1080. The van der Waals surface area contributed by atoms with Crippen molar-refractivity contribution >= 4 is 34.9 Å². The summed E-state index contributed by atoms with van der Waals surface area (Å²) in [6.45, 7) is 4.65. The molecule has 33 heavy (non-hydrogen) atoms. The first-order valence-electron chi connectivity index (χ1n) is 11.2. The van der Waals surface area contributed by atoms with E-state index in [4.69, 9.17) is 11.6 Å². The second-order valence-electron chi connectivity index (χ2n) is 8.05. The van der Waals surface area contributed by atoms with Crippen LogP contribution in [0.1, 0.15) is 35.2 Å².